The Labute approximate surface area is 97.0 Å². The van der Waals surface area contributed by atoms with Crippen molar-refractivity contribution in [3.8, 4) is 0 Å². The van der Waals surface area contributed by atoms with E-state index in [4.69, 9.17) is 4.74 Å². The van der Waals surface area contributed by atoms with Gasteiger partial charge < -0.3 is 15.2 Å². The van der Waals surface area contributed by atoms with Crippen molar-refractivity contribution < 1.29 is 9.84 Å². The number of aliphatic hydroxyl groups is 1. The van der Waals surface area contributed by atoms with Crippen LogP contribution in [0.25, 0.3) is 0 Å². The van der Waals surface area contributed by atoms with Gasteiger partial charge in [-0.05, 0) is 17.6 Å². The lowest BCUT2D eigenvalue weighted by Crippen LogP contribution is -2.49. The molecule has 0 aromatic carbocycles. The van der Waals surface area contributed by atoms with E-state index in [1.165, 1.54) is 12.2 Å². The fraction of sp³-hybridized carbons (Fsp3) is 1.00. The van der Waals surface area contributed by atoms with Gasteiger partial charge in [0.2, 0.25) is 0 Å². The predicted octanol–water partition coefficient (Wildman–Crippen LogP) is 1.11. The van der Waals surface area contributed by atoms with Gasteiger partial charge in [-0.2, -0.15) is 11.8 Å². The highest BCUT2D eigenvalue weighted by atomic mass is 32.2. The van der Waals surface area contributed by atoms with Gasteiger partial charge in [0.05, 0.1) is 12.7 Å². The van der Waals surface area contributed by atoms with Crippen molar-refractivity contribution >= 4 is 11.8 Å². The van der Waals surface area contributed by atoms with E-state index in [9.17, 15) is 5.11 Å². The molecule has 4 heteroatoms. The van der Waals surface area contributed by atoms with Crippen molar-refractivity contribution in [1.29, 1.82) is 0 Å². The molecular weight excluding hydrogens is 210 g/mol. The van der Waals surface area contributed by atoms with E-state index in [0.29, 0.717) is 24.6 Å². The molecule has 3 nitrogen and oxygen atoms in total. The van der Waals surface area contributed by atoms with E-state index in [2.05, 4.69) is 19.2 Å². The Kier molecular flexibility index (Phi) is 5.39. The minimum absolute atomic E-state index is 0.345. The number of hydrogen-bond donors (Lipinski definition) is 2. The SMILES string of the molecule is COCC(O)CNC1CSCCC1(C)C. The lowest BCUT2D eigenvalue weighted by molar-refractivity contribution is 0.0592. The molecule has 0 amide bonds. The van der Waals surface area contributed by atoms with Crippen LogP contribution < -0.4 is 5.32 Å². The third kappa shape index (κ3) is 4.31. The smallest absolute Gasteiger partial charge is 0.0897 e. The van der Waals surface area contributed by atoms with Crippen molar-refractivity contribution in [1.82, 2.24) is 5.32 Å². The number of thioether (sulfide) groups is 1. The normalized spacial score (nSPS) is 27.6. The van der Waals surface area contributed by atoms with Gasteiger partial charge in [-0.3, -0.25) is 0 Å². The monoisotopic (exact) mass is 233 g/mol. The summed E-state index contributed by atoms with van der Waals surface area (Å²) in [6.45, 7) is 5.63. The standard InChI is InChI=1S/C11H23NO2S/c1-11(2)4-5-15-8-10(11)12-6-9(13)7-14-3/h9-10,12-13H,4-8H2,1-3H3. The second kappa shape index (κ2) is 6.09. The third-order valence-corrected chi connectivity index (χ3v) is 4.14. The first-order valence-electron chi connectivity index (χ1n) is 5.54. The van der Waals surface area contributed by atoms with E-state index in [-0.39, 0.29) is 0 Å². The molecule has 1 aliphatic rings. The van der Waals surface area contributed by atoms with Crippen molar-refractivity contribution in [2.75, 3.05) is 31.8 Å². The molecule has 0 aromatic rings. The molecule has 1 aliphatic heterocycles. The molecule has 0 saturated carbocycles. The molecule has 15 heavy (non-hydrogen) atoms. The van der Waals surface area contributed by atoms with Crippen molar-refractivity contribution in [3.05, 3.63) is 0 Å². The number of nitrogens with one attached hydrogen (secondary N) is 1. The van der Waals surface area contributed by atoms with Crippen LogP contribution in [0.5, 0.6) is 0 Å². The second-order valence-corrected chi connectivity index (χ2v) is 6.03. The van der Waals surface area contributed by atoms with Gasteiger partial charge in [-0.25, -0.2) is 0 Å². The van der Waals surface area contributed by atoms with Crippen LogP contribution in [0.15, 0.2) is 0 Å². The molecule has 90 valence electrons. The van der Waals surface area contributed by atoms with Gasteiger partial charge in [0.15, 0.2) is 0 Å². The summed E-state index contributed by atoms with van der Waals surface area (Å²) in [6, 6.07) is 0.503. The van der Waals surface area contributed by atoms with E-state index in [1.807, 2.05) is 11.8 Å². The Hall–Kier alpha value is 0.230. The van der Waals surface area contributed by atoms with Gasteiger partial charge in [-0.1, -0.05) is 13.8 Å². The number of rotatable bonds is 5. The fourth-order valence-electron chi connectivity index (χ4n) is 1.80. The van der Waals surface area contributed by atoms with Crippen molar-refractivity contribution in [3.63, 3.8) is 0 Å². The van der Waals surface area contributed by atoms with Gasteiger partial charge >= 0.3 is 0 Å². The molecule has 1 saturated heterocycles. The van der Waals surface area contributed by atoms with Crippen molar-refractivity contribution in [2.24, 2.45) is 5.41 Å². The highest BCUT2D eigenvalue weighted by molar-refractivity contribution is 7.99. The first-order valence-corrected chi connectivity index (χ1v) is 6.70. The van der Waals surface area contributed by atoms with Crippen LogP contribution in [0.4, 0.5) is 0 Å². The van der Waals surface area contributed by atoms with Crippen LogP contribution in [0.2, 0.25) is 0 Å². The number of methoxy groups -OCH3 is 1. The van der Waals surface area contributed by atoms with Crippen molar-refractivity contribution in [2.45, 2.75) is 32.4 Å². The minimum atomic E-state index is -0.391. The topological polar surface area (TPSA) is 41.5 Å². The predicted molar refractivity (Wildman–Crippen MR) is 65.4 cm³/mol. The fourth-order valence-corrected chi connectivity index (χ4v) is 3.44. The van der Waals surface area contributed by atoms with Crippen LogP contribution in [0.1, 0.15) is 20.3 Å². The van der Waals surface area contributed by atoms with E-state index < -0.39 is 6.10 Å². The van der Waals surface area contributed by atoms with E-state index in [1.54, 1.807) is 7.11 Å². The molecule has 0 bridgehead atoms. The zero-order chi connectivity index (χ0) is 11.3. The zero-order valence-corrected chi connectivity index (χ0v) is 10.8. The minimum Gasteiger partial charge on any atom is -0.389 e. The summed E-state index contributed by atoms with van der Waals surface area (Å²) in [5.74, 6) is 2.40. The second-order valence-electron chi connectivity index (χ2n) is 4.88. The van der Waals surface area contributed by atoms with Gasteiger partial charge in [0, 0.05) is 25.4 Å². The Morgan fingerprint density at radius 3 is 2.93 bits per heavy atom. The summed E-state index contributed by atoms with van der Waals surface area (Å²) in [5.41, 5.74) is 0.345. The van der Waals surface area contributed by atoms with Crippen LogP contribution in [0, 0.1) is 5.41 Å². The summed E-state index contributed by atoms with van der Waals surface area (Å²) in [7, 11) is 1.61. The molecule has 1 heterocycles. The summed E-state index contributed by atoms with van der Waals surface area (Å²) < 4.78 is 4.90. The van der Waals surface area contributed by atoms with Crippen LogP contribution in [0.3, 0.4) is 0 Å². The average molecular weight is 233 g/mol. The molecule has 0 aliphatic carbocycles. The van der Waals surface area contributed by atoms with Crippen LogP contribution >= 0.6 is 11.8 Å². The lowest BCUT2D eigenvalue weighted by Gasteiger charge is -2.39. The number of hydrogen-bond acceptors (Lipinski definition) is 4. The Bertz CT molecular complexity index is 187. The highest BCUT2D eigenvalue weighted by Crippen LogP contribution is 2.33. The molecule has 2 N–H and O–H groups in total. The van der Waals surface area contributed by atoms with Gasteiger partial charge in [0.25, 0.3) is 0 Å². The van der Waals surface area contributed by atoms with Gasteiger partial charge in [0.1, 0.15) is 0 Å². The van der Waals surface area contributed by atoms with E-state index >= 15 is 0 Å². The molecule has 0 aromatic heterocycles. The third-order valence-electron chi connectivity index (χ3n) is 3.08. The number of aliphatic hydroxyl groups excluding tert-OH is 1. The Balaban J connectivity index is 2.30. The zero-order valence-electron chi connectivity index (χ0n) is 9.95. The summed E-state index contributed by atoms with van der Waals surface area (Å²) >= 11 is 1.99. The molecule has 2 unspecified atom stereocenters. The summed E-state index contributed by atoms with van der Waals surface area (Å²) in [6.07, 6.45) is 0.855. The summed E-state index contributed by atoms with van der Waals surface area (Å²) in [4.78, 5) is 0. The molecule has 0 spiro atoms. The maximum absolute atomic E-state index is 9.56. The quantitative estimate of drug-likeness (QED) is 0.746. The largest absolute Gasteiger partial charge is 0.389 e. The Morgan fingerprint density at radius 1 is 1.60 bits per heavy atom. The van der Waals surface area contributed by atoms with E-state index in [0.717, 1.165) is 5.75 Å². The molecule has 1 rings (SSSR count). The maximum atomic E-state index is 9.56. The van der Waals surface area contributed by atoms with Crippen LogP contribution in [-0.2, 0) is 4.74 Å². The highest BCUT2D eigenvalue weighted by Gasteiger charge is 2.32. The summed E-state index contributed by atoms with van der Waals surface area (Å²) in [5, 5.41) is 13.0. The first-order chi connectivity index (χ1) is 7.06. The molecule has 2 atom stereocenters. The average Bonchev–Trinajstić information content (AvgIpc) is 2.16. The van der Waals surface area contributed by atoms with Crippen LogP contribution in [-0.4, -0.2) is 49.0 Å². The molecule has 0 radical (unpaired) electrons. The lowest BCUT2D eigenvalue weighted by atomic mass is 9.82. The van der Waals surface area contributed by atoms with Gasteiger partial charge in [-0.15, -0.1) is 0 Å². The maximum Gasteiger partial charge on any atom is 0.0897 e. The number of ether oxygens (including phenoxy) is 1. The molecule has 1 fully saturated rings. The Morgan fingerprint density at radius 2 is 2.33 bits per heavy atom. The first kappa shape index (κ1) is 13.3. The molecular formula is C11H23NO2S.